The SMILES string of the molecule is C=C(CC)c1ccccc1CCC.CC(=O)CC1(C(C)=O)C(=O)N(CC(=O)O)c2ccc(Cl)cc21. The summed E-state index contributed by atoms with van der Waals surface area (Å²) in [6, 6.07) is 13.0. The summed E-state index contributed by atoms with van der Waals surface area (Å²) in [5, 5.41) is 9.29. The lowest BCUT2D eigenvalue weighted by molar-refractivity contribution is -0.139. The fraction of sp³-hybridized carbons (Fsp3) is 0.357. The van der Waals surface area contributed by atoms with Gasteiger partial charge >= 0.3 is 5.97 Å². The number of carbonyl (C=O) groups is 4. The molecule has 1 unspecified atom stereocenters. The number of nitrogens with zero attached hydrogens (tertiary/aromatic N) is 1. The maximum absolute atomic E-state index is 12.8. The molecule has 1 aliphatic rings. The molecule has 186 valence electrons. The summed E-state index contributed by atoms with van der Waals surface area (Å²) in [6.07, 6.45) is 3.09. The minimum atomic E-state index is -1.69. The molecule has 6 nitrogen and oxygen atoms in total. The van der Waals surface area contributed by atoms with E-state index in [-0.39, 0.29) is 17.8 Å². The molecule has 1 heterocycles. The van der Waals surface area contributed by atoms with Crippen molar-refractivity contribution in [1.29, 1.82) is 0 Å². The van der Waals surface area contributed by atoms with Crippen molar-refractivity contribution in [2.75, 3.05) is 11.4 Å². The van der Waals surface area contributed by atoms with Crippen LogP contribution in [0.4, 0.5) is 5.69 Å². The van der Waals surface area contributed by atoms with Crippen molar-refractivity contribution in [2.24, 2.45) is 0 Å². The lowest BCUT2D eigenvalue weighted by Crippen LogP contribution is -2.47. The van der Waals surface area contributed by atoms with Crippen LogP contribution in [0.2, 0.25) is 5.02 Å². The molecule has 7 heteroatoms. The molecular weight excluding hydrogens is 466 g/mol. The number of anilines is 1. The van der Waals surface area contributed by atoms with E-state index in [1.807, 2.05) is 0 Å². The number of halogens is 1. The number of Topliss-reactive ketones (excluding diaryl/α,β-unsaturated/α-hetero) is 2. The van der Waals surface area contributed by atoms with E-state index in [9.17, 15) is 19.2 Å². The number of benzene rings is 2. The van der Waals surface area contributed by atoms with Crippen molar-refractivity contribution >= 4 is 46.3 Å². The second-order valence-corrected chi connectivity index (χ2v) is 9.09. The van der Waals surface area contributed by atoms with Crippen LogP contribution in [0.15, 0.2) is 49.0 Å². The maximum atomic E-state index is 12.8. The van der Waals surface area contributed by atoms with Gasteiger partial charge in [0.2, 0.25) is 5.91 Å². The van der Waals surface area contributed by atoms with Gasteiger partial charge in [0.05, 0.1) is 0 Å². The van der Waals surface area contributed by atoms with Gasteiger partial charge in [-0.3, -0.25) is 24.1 Å². The van der Waals surface area contributed by atoms with E-state index in [1.54, 1.807) is 0 Å². The molecular formula is C28H32ClNO5. The lowest BCUT2D eigenvalue weighted by Gasteiger charge is -2.24. The fourth-order valence-corrected chi connectivity index (χ4v) is 4.56. The number of aryl methyl sites for hydroxylation is 1. The Morgan fingerprint density at radius 3 is 2.29 bits per heavy atom. The first-order valence-electron chi connectivity index (χ1n) is 11.6. The summed E-state index contributed by atoms with van der Waals surface area (Å²) in [7, 11) is 0. The van der Waals surface area contributed by atoms with Crippen molar-refractivity contribution < 1.29 is 24.3 Å². The van der Waals surface area contributed by atoms with Crippen LogP contribution in [0.5, 0.6) is 0 Å². The van der Waals surface area contributed by atoms with Crippen LogP contribution in [0.25, 0.3) is 5.57 Å². The van der Waals surface area contributed by atoms with E-state index in [1.165, 1.54) is 55.2 Å². The normalized spacial score (nSPS) is 16.3. The molecule has 1 amide bonds. The molecule has 1 N–H and O–H groups in total. The van der Waals surface area contributed by atoms with E-state index < -0.39 is 29.6 Å². The zero-order valence-electron chi connectivity index (χ0n) is 20.7. The van der Waals surface area contributed by atoms with E-state index in [4.69, 9.17) is 16.7 Å². The number of allylic oxidation sites excluding steroid dienone is 1. The Kier molecular flexibility index (Phi) is 9.55. The van der Waals surface area contributed by atoms with Crippen molar-refractivity contribution in [3.8, 4) is 0 Å². The monoisotopic (exact) mass is 497 g/mol. The molecule has 0 radical (unpaired) electrons. The van der Waals surface area contributed by atoms with Crippen LogP contribution in [-0.4, -0.2) is 35.1 Å². The molecule has 0 bridgehead atoms. The lowest BCUT2D eigenvalue weighted by atomic mass is 9.74. The standard InChI is InChI=1S/C15H14ClNO5.C13H18/c1-8(18)6-15(9(2)19)11-5-10(16)3-4-12(11)17(14(15)22)7-13(20)21;1-4-8-12-9-6-7-10-13(12)11(3)5-2/h3-5H,6-7H2,1-2H3,(H,20,21);6-7,9-10H,3-5,8H2,1-2H3. The van der Waals surface area contributed by atoms with Crippen molar-refractivity contribution in [3.63, 3.8) is 0 Å². The van der Waals surface area contributed by atoms with Crippen LogP contribution in [-0.2, 0) is 31.0 Å². The average Bonchev–Trinajstić information content (AvgIpc) is 3.01. The molecule has 0 spiro atoms. The largest absolute Gasteiger partial charge is 0.480 e. The summed E-state index contributed by atoms with van der Waals surface area (Å²) in [5.74, 6) is -2.76. The number of carboxylic acids is 1. The van der Waals surface area contributed by atoms with Crippen LogP contribution < -0.4 is 4.90 Å². The first-order chi connectivity index (χ1) is 16.5. The highest BCUT2D eigenvalue weighted by molar-refractivity contribution is 6.31. The second kappa shape index (κ2) is 11.9. The zero-order chi connectivity index (χ0) is 26.3. The summed E-state index contributed by atoms with van der Waals surface area (Å²) in [5.41, 5.74) is 2.94. The van der Waals surface area contributed by atoms with Gasteiger partial charge in [-0.25, -0.2) is 0 Å². The van der Waals surface area contributed by atoms with Gasteiger partial charge in [-0.15, -0.1) is 0 Å². The number of amides is 1. The number of carbonyl (C=O) groups excluding carboxylic acids is 3. The Labute approximate surface area is 211 Å². The third-order valence-electron chi connectivity index (χ3n) is 6.07. The third-order valence-corrected chi connectivity index (χ3v) is 6.31. The molecule has 1 atom stereocenters. The van der Waals surface area contributed by atoms with E-state index in [0.717, 1.165) is 17.7 Å². The summed E-state index contributed by atoms with van der Waals surface area (Å²) in [4.78, 5) is 48.6. The number of hydrogen-bond donors (Lipinski definition) is 1. The highest BCUT2D eigenvalue weighted by atomic mass is 35.5. The van der Waals surface area contributed by atoms with Crippen LogP contribution >= 0.6 is 11.6 Å². The Morgan fingerprint density at radius 1 is 1.09 bits per heavy atom. The third kappa shape index (κ3) is 6.06. The van der Waals surface area contributed by atoms with Crippen LogP contribution in [0.1, 0.15) is 63.6 Å². The number of ketones is 2. The summed E-state index contributed by atoms with van der Waals surface area (Å²) < 4.78 is 0. The minimum absolute atomic E-state index is 0.286. The Bertz CT molecular complexity index is 1160. The number of carboxylic acid groups (broad SMARTS) is 1. The molecule has 2 aromatic rings. The van der Waals surface area contributed by atoms with Crippen molar-refractivity contribution in [2.45, 2.75) is 58.8 Å². The molecule has 0 saturated carbocycles. The zero-order valence-corrected chi connectivity index (χ0v) is 21.4. The topological polar surface area (TPSA) is 91.8 Å². The highest BCUT2D eigenvalue weighted by Crippen LogP contribution is 2.46. The second-order valence-electron chi connectivity index (χ2n) is 8.65. The number of fused-ring (bicyclic) bond motifs is 1. The summed E-state index contributed by atoms with van der Waals surface area (Å²) in [6.45, 7) is 10.4. The Hall–Kier alpha value is -3.25. The molecule has 3 rings (SSSR count). The van der Waals surface area contributed by atoms with Crippen LogP contribution in [0, 0.1) is 0 Å². The minimum Gasteiger partial charge on any atom is -0.480 e. The highest BCUT2D eigenvalue weighted by Gasteiger charge is 2.55. The fourth-order valence-electron chi connectivity index (χ4n) is 4.38. The molecule has 1 aliphatic heterocycles. The van der Waals surface area contributed by atoms with Gasteiger partial charge in [-0.1, -0.05) is 62.7 Å². The average molecular weight is 498 g/mol. The van der Waals surface area contributed by atoms with Crippen LogP contribution in [0.3, 0.4) is 0 Å². The van der Waals surface area contributed by atoms with Crippen molar-refractivity contribution in [1.82, 2.24) is 0 Å². The summed E-state index contributed by atoms with van der Waals surface area (Å²) >= 11 is 5.95. The first kappa shape index (κ1) is 28.0. The molecule has 2 aromatic carbocycles. The number of rotatable bonds is 9. The predicted octanol–water partition coefficient (Wildman–Crippen LogP) is 5.64. The molecule has 0 saturated heterocycles. The first-order valence-corrected chi connectivity index (χ1v) is 12.0. The van der Waals surface area contributed by atoms with E-state index >= 15 is 0 Å². The van der Waals surface area contributed by atoms with Gasteiger partial charge in [-0.2, -0.15) is 0 Å². The smallest absolute Gasteiger partial charge is 0.323 e. The van der Waals surface area contributed by atoms with Crippen molar-refractivity contribution in [3.05, 3.63) is 70.8 Å². The number of aliphatic carboxylic acids is 1. The Balaban J connectivity index is 0.000000283. The van der Waals surface area contributed by atoms with Gasteiger partial charge < -0.3 is 5.11 Å². The molecule has 35 heavy (non-hydrogen) atoms. The predicted molar refractivity (Wildman–Crippen MR) is 139 cm³/mol. The molecule has 0 fully saturated rings. The molecule has 0 aliphatic carbocycles. The van der Waals surface area contributed by atoms with E-state index in [2.05, 4.69) is 44.7 Å². The maximum Gasteiger partial charge on any atom is 0.323 e. The van der Waals surface area contributed by atoms with E-state index in [0.29, 0.717) is 10.7 Å². The quantitative estimate of drug-likeness (QED) is 0.452. The Morgan fingerprint density at radius 2 is 1.74 bits per heavy atom. The molecule has 0 aromatic heterocycles. The van der Waals surface area contributed by atoms with Gasteiger partial charge in [0.25, 0.3) is 0 Å². The van der Waals surface area contributed by atoms with Gasteiger partial charge in [0, 0.05) is 22.7 Å². The van der Waals surface area contributed by atoms with Gasteiger partial charge in [-0.05, 0) is 61.6 Å². The number of hydrogen-bond acceptors (Lipinski definition) is 4. The van der Waals surface area contributed by atoms with Gasteiger partial charge in [0.15, 0.2) is 0 Å². The van der Waals surface area contributed by atoms with Gasteiger partial charge in [0.1, 0.15) is 23.5 Å².